The Labute approximate surface area is 112 Å². The van der Waals surface area contributed by atoms with E-state index in [0.717, 1.165) is 17.6 Å². The van der Waals surface area contributed by atoms with Crippen LogP contribution in [-0.2, 0) is 12.0 Å². The lowest BCUT2D eigenvalue weighted by Gasteiger charge is -2.18. The van der Waals surface area contributed by atoms with E-state index >= 15 is 0 Å². The highest BCUT2D eigenvalue weighted by atomic mass is 79.9. The van der Waals surface area contributed by atoms with E-state index in [1.54, 1.807) is 0 Å². The molecule has 0 fully saturated rings. The molecule has 1 rings (SSSR count). The topological polar surface area (TPSA) is 40.7 Å². The molecular formula is C11H19BrClN3. The first-order valence-electron chi connectivity index (χ1n) is 4.98. The predicted molar refractivity (Wildman–Crippen MR) is 74.3 cm³/mol. The molecule has 0 atom stereocenters. The Morgan fingerprint density at radius 2 is 2.19 bits per heavy atom. The van der Waals surface area contributed by atoms with Gasteiger partial charge in [0.15, 0.2) is 0 Å². The molecule has 0 amide bonds. The summed E-state index contributed by atoms with van der Waals surface area (Å²) in [4.78, 5) is 0. The van der Waals surface area contributed by atoms with E-state index in [1.807, 2.05) is 6.20 Å². The standard InChI is InChI=1S/C11H18BrN3.ClH/c1-8(12)5-13-6-9-7-14-15-10(9)11(2,3)4;/h7,13H,1,5-6H2,2-4H3,(H,14,15);1H. The number of nitrogens with zero attached hydrogens (tertiary/aromatic N) is 1. The number of H-pyrrole nitrogens is 1. The van der Waals surface area contributed by atoms with Crippen LogP contribution in [0, 0.1) is 0 Å². The van der Waals surface area contributed by atoms with E-state index in [9.17, 15) is 0 Å². The lowest BCUT2D eigenvalue weighted by atomic mass is 9.89. The second kappa shape index (κ2) is 6.42. The monoisotopic (exact) mass is 307 g/mol. The second-order valence-electron chi connectivity index (χ2n) is 4.64. The summed E-state index contributed by atoms with van der Waals surface area (Å²) in [5, 5.41) is 10.4. The number of nitrogens with one attached hydrogen (secondary N) is 2. The quantitative estimate of drug-likeness (QED) is 0.897. The molecule has 1 aromatic heterocycles. The highest BCUT2D eigenvalue weighted by molar-refractivity contribution is 9.11. The highest BCUT2D eigenvalue weighted by Gasteiger charge is 2.19. The van der Waals surface area contributed by atoms with Crippen LogP contribution in [0.4, 0.5) is 0 Å². The second-order valence-corrected chi connectivity index (χ2v) is 5.76. The molecule has 3 nitrogen and oxygen atoms in total. The fraction of sp³-hybridized carbons (Fsp3) is 0.545. The van der Waals surface area contributed by atoms with Gasteiger partial charge in [-0.1, -0.05) is 43.3 Å². The van der Waals surface area contributed by atoms with Gasteiger partial charge in [0.1, 0.15) is 0 Å². The zero-order chi connectivity index (χ0) is 11.5. The van der Waals surface area contributed by atoms with Crippen LogP contribution < -0.4 is 5.32 Å². The van der Waals surface area contributed by atoms with Gasteiger partial charge in [-0.25, -0.2) is 0 Å². The molecular weight excluding hydrogens is 289 g/mol. The molecule has 0 aromatic carbocycles. The SMILES string of the molecule is C=C(Br)CNCc1cn[nH]c1C(C)(C)C.Cl. The third kappa shape index (κ3) is 4.68. The summed E-state index contributed by atoms with van der Waals surface area (Å²) < 4.78 is 0.961. The van der Waals surface area contributed by atoms with Crippen molar-refractivity contribution in [3.05, 3.63) is 28.5 Å². The summed E-state index contributed by atoms with van der Waals surface area (Å²) in [6.45, 7) is 11.9. The molecule has 0 aliphatic carbocycles. The number of hydrogen-bond acceptors (Lipinski definition) is 2. The van der Waals surface area contributed by atoms with Crippen molar-refractivity contribution in [3.8, 4) is 0 Å². The van der Waals surface area contributed by atoms with Crippen molar-refractivity contribution in [2.75, 3.05) is 6.54 Å². The maximum absolute atomic E-state index is 4.09. The van der Waals surface area contributed by atoms with Crippen LogP contribution in [0.25, 0.3) is 0 Å². The van der Waals surface area contributed by atoms with Crippen LogP contribution in [0.3, 0.4) is 0 Å². The minimum Gasteiger partial charge on any atom is -0.308 e. The molecule has 92 valence electrons. The van der Waals surface area contributed by atoms with E-state index < -0.39 is 0 Å². The smallest absolute Gasteiger partial charge is 0.0535 e. The summed E-state index contributed by atoms with van der Waals surface area (Å²) in [7, 11) is 0. The molecule has 0 aliphatic rings. The van der Waals surface area contributed by atoms with Crippen molar-refractivity contribution in [1.82, 2.24) is 15.5 Å². The maximum Gasteiger partial charge on any atom is 0.0535 e. The van der Waals surface area contributed by atoms with E-state index in [1.165, 1.54) is 11.3 Å². The van der Waals surface area contributed by atoms with Gasteiger partial charge in [0.2, 0.25) is 0 Å². The molecule has 2 N–H and O–H groups in total. The average Bonchev–Trinajstić information content (AvgIpc) is 2.50. The first-order valence-corrected chi connectivity index (χ1v) is 5.77. The van der Waals surface area contributed by atoms with Crippen LogP contribution >= 0.6 is 28.3 Å². The van der Waals surface area contributed by atoms with Crippen molar-refractivity contribution in [2.24, 2.45) is 0 Å². The molecule has 0 saturated heterocycles. The normalized spacial score (nSPS) is 11.0. The first kappa shape index (κ1) is 15.7. The summed E-state index contributed by atoms with van der Waals surface area (Å²) in [5.41, 5.74) is 2.52. The number of hydrogen-bond donors (Lipinski definition) is 2. The molecule has 0 radical (unpaired) electrons. The molecule has 5 heteroatoms. The molecule has 0 saturated carbocycles. The first-order chi connectivity index (χ1) is 6.91. The summed E-state index contributed by atoms with van der Waals surface area (Å²) in [6.07, 6.45) is 1.88. The third-order valence-corrected chi connectivity index (χ3v) is 2.38. The summed E-state index contributed by atoms with van der Waals surface area (Å²) in [6, 6.07) is 0. The van der Waals surface area contributed by atoms with Crippen molar-refractivity contribution >= 4 is 28.3 Å². The van der Waals surface area contributed by atoms with E-state index in [4.69, 9.17) is 0 Å². The Kier molecular flexibility index (Phi) is 6.30. The van der Waals surface area contributed by atoms with Gasteiger partial charge < -0.3 is 5.32 Å². The minimum absolute atomic E-state index is 0. The largest absolute Gasteiger partial charge is 0.308 e. The predicted octanol–water partition coefficient (Wildman–Crippen LogP) is 3.13. The van der Waals surface area contributed by atoms with Crippen LogP contribution in [0.5, 0.6) is 0 Å². The number of aromatic nitrogens is 2. The van der Waals surface area contributed by atoms with Crippen LogP contribution in [0.15, 0.2) is 17.3 Å². The third-order valence-electron chi connectivity index (χ3n) is 2.10. The number of halogens is 2. The van der Waals surface area contributed by atoms with E-state index in [2.05, 4.69) is 58.8 Å². The zero-order valence-electron chi connectivity index (χ0n) is 9.93. The number of rotatable bonds is 4. The van der Waals surface area contributed by atoms with Crippen molar-refractivity contribution < 1.29 is 0 Å². The molecule has 1 heterocycles. The lowest BCUT2D eigenvalue weighted by Crippen LogP contribution is -2.19. The van der Waals surface area contributed by atoms with E-state index in [-0.39, 0.29) is 17.8 Å². The van der Waals surface area contributed by atoms with Gasteiger partial charge in [-0.3, -0.25) is 5.10 Å². The zero-order valence-corrected chi connectivity index (χ0v) is 12.3. The Hall–Kier alpha value is -0.320. The summed E-state index contributed by atoms with van der Waals surface area (Å²) in [5.74, 6) is 0. The van der Waals surface area contributed by atoms with Gasteiger partial charge in [-0.2, -0.15) is 5.10 Å². The average molecular weight is 309 g/mol. The molecule has 0 spiro atoms. The van der Waals surface area contributed by atoms with Gasteiger partial charge in [0.05, 0.1) is 6.20 Å². The minimum atomic E-state index is 0. The Balaban J connectivity index is 0.00000225. The van der Waals surface area contributed by atoms with Crippen LogP contribution in [0.2, 0.25) is 0 Å². The Morgan fingerprint density at radius 3 is 2.69 bits per heavy atom. The van der Waals surface area contributed by atoms with Crippen LogP contribution in [0.1, 0.15) is 32.0 Å². The fourth-order valence-electron chi connectivity index (χ4n) is 1.43. The highest BCUT2D eigenvalue weighted by Crippen LogP contribution is 2.23. The van der Waals surface area contributed by atoms with Gasteiger partial charge in [0, 0.05) is 34.2 Å². The van der Waals surface area contributed by atoms with Crippen molar-refractivity contribution in [3.63, 3.8) is 0 Å². The molecule has 0 unspecified atom stereocenters. The van der Waals surface area contributed by atoms with Crippen molar-refractivity contribution in [1.29, 1.82) is 0 Å². The molecule has 1 aromatic rings. The Morgan fingerprint density at radius 1 is 1.56 bits per heavy atom. The van der Waals surface area contributed by atoms with Gasteiger partial charge in [0.25, 0.3) is 0 Å². The maximum atomic E-state index is 4.09. The fourth-order valence-corrected chi connectivity index (χ4v) is 1.63. The molecule has 0 bridgehead atoms. The summed E-state index contributed by atoms with van der Waals surface area (Å²) >= 11 is 3.32. The van der Waals surface area contributed by atoms with Crippen LogP contribution in [-0.4, -0.2) is 16.7 Å². The Bertz CT molecular complexity index is 341. The number of aromatic amines is 1. The lowest BCUT2D eigenvalue weighted by molar-refractivity contribution is 0.556. The van der Waals surface area contributed by atoms with Gasteiger partial charge >= 0.3 is 0 Å². The van der Waals surface area contributed by atoms with E-state index in [0.29, 0.717) is 0 Å². The van der Waals surface area contributed by atoms with Gasteiger partial charge in [-0.05, 0) is 0 Å². The molecule has 16 heavy (non-hydrogen) atoms. The van der Waals surface area contributed by atoms with Gasteiger partial charge in [-0.15, -0.1) is 12.4 Å². The molecule has 0 aliphatic heterocycles. The van der Waals surface area contributed by atoms with Crippen molar-refractivity contribution in [2.45, 2.75) is 32.7 Å².